The minimum Gasteiger partial charge on any atom is -0.426 e. The average Bonchev–Trinajstić information content (AvgIpc) is 3.34. The molecule has 0 aromatic heterocycles. The summed E-state index contributed by atoms with van der Waals surface area (Å²) in [5.41, 5.74) is 3.29. The average molecular weight is 473 g/mol. The fourth-order valence-corrected chi connectivity index (χ4v) is 5.41. The third-order valence-corrected chi connectivity index (χ3v) is 7.49. The van der Waals surface area contributed by atoms with Crippen molar-refractivity contribution in [2.75, 3.05) is 16.3 Å². The standard InChI is InChI=1S/C28H28N2O5/c1-16-7-5-12-23(18(16)3)29-15-19(13-24(29)31)28(34)35-21-10-6-9-20(14-21)30-26(32)22-11-4-8-17(2)25(22)27(30)33/h4-10,12,14,17,19,22,25H,11,13,15H2,1-3H3/t17-,19-,22-,25+/m1/s1. The van der Waals surface area contributed by atoms with Crippen molar-refractivity contribution < 1.29 is 23.9 Å². The van der Waals surface area contributed by atoms with Crippen LogP contribution in [0.3, 0.4) is 0 Å². The zero-order valence-electron chi connectivity index (χ0n) is 20.1. The zero-order valence-corrected chi connectivity index (χ0v) is 20.1. The monoisotopic (exact) mass is 472 g/mol. The molecule has 0 radical (unpaired) electrons. The molecule has 3 amide bonds. The van der Waals surface area contributed by atoms with Crippen LogP contribution in [0, 0.1) is 37.5 Å². The molecule has 180 valence electrons. The molecule has 2 aromatic carbocycles. The van der Waals surface area contributed by atoms with Gasteiger partial charge in [0.2, 0.25) is 17.7 Å². The van der Waals surface area contributed by atoms with Gasteiger partial charge in [-0.2, -0.15) is 0 Å². The van der Waals surface area contributed by atoms with E-state index in [2.05, 4.69) is 0 Å². The van der Waals surface area contributed by atoms with Gasteiger partial charge in [-0.3, -0.25) is 19.2 Å². The first kappa shape index (κ1) is 23.0. The van der Waals surface area contributed by atoms with Crippen LogP contribution in [0.4, 0.5) is 11.4 Å². The third kappa shape index (κ3) is 3.95. The van der Waals surface area contributed by atoms with Gasteiger partial charge in [0.05, 0.1) is 23.4 Å². The van der Waals surface area contributed by atoms with Crippen molar-refractivity contribution >= 4 is 35.1 Å². The zero-order chi connectivity index (χ0) is 24.9. The van der Waals surface area contributed by atoms with Crippen molar-refractivity contribution in [3.63, 3.8) is 0 Å². The molecule has 0 spiro atoms. The number of ether oxygens (including phenoxy) is 1. The molecule has 5 rings (SSSR count). The first-order chi connectivity index (χ1) is 16.8. The Hall–Kier alpha value is -3.74. The first-order valence-corrected chi connectivity index (χ1v) is 12.0. The van der Waals surface area contributed by atoms with Crippen LogP contribution in [-0.2, 0) is 19.2 Å². The molecule has 0 saturated carbocycles. The van der Waals surface area contributed by atoms with Gasteiger partial charge in [0, 0.05) is 24.7 Å². The summed E-state index contributed by atoms with van der Waals surface area (Å²) in [5.74, 6) is -2.13. The lowest BCUT2D eigenvalue weighted by Gasteiger charge is -2.22. The Morgan fingerprint density at radius 3 is 2.57 bits per heavy atom. The van der Waals surface area contributed by atoms with E-state index in [1.807, 2.05) is 51.1 Å². The summed E-state index contributed by atoms with van der Waals surface area (Å²) in [7, 11) is 0. The summed E-state index contributed by atoms with van der Waals surface area (Å²) >= 11 is 0. The van der Waals surface area contributed by atoms with Crippen LogP contribution in [0.15, 0.2) is 54.6 Å². The number of fused-ring (bicyclic) bond motifs is 1. The highest BCUT2D eigenvalue weighted by Gasteiger charge is 2.50. The Morgan fingerprint density at radius 1 is 1.03 bits per heavy atom. The van der Waals surface area contributed by atoms with E-state index in [4.69, 9.17) is 4.74 Å². The summed E-state index contributed by atoms with van der Waals surface area (Å²) in [6, 6.07) is 12.3. The van der Waals surface area contributed by atoms with Gasteiger partial charge >= 0.3 is 5.97 Å². The predicted molar refractivity (Wildman–Crippen MR) is 131 cm³/mol. The maximum Gasteiger partial charge on any atom is 0.316 e. The normalized spacial score (nSPS) is 25.9. The van der Waals surface area contributed by atoms with E-state index in [0.717, 1.165) is 16.8 Å². The Labute approximate surface area is 204 Å². The maximum atomic E-state index is 13.1. The number of allylic oxidation sites excluding steroid dienone is 2. The fourth-order valence-electron chi connectivity index (χ4n) is 5.41. The van der Waals surface area contributed by atoms with E-state index in [-0.39, 0.29) is 54.2 Å². The number of anilines is 2. The summed E-state index contributed by atoms with van der Waals surface area (Å²) in [4.78, 5) is 54.6. The SMILES string of the molecule is Cc1cccc(N2C[C@H](C(=O)Oc3cccc(N4C(=O)[C@H]5[C@H](C)C=CC[C@H]5C4=O)c3)CC2=O)c1C. The van der Waals surface area contributed by atoms with E-state index in [1.54, 1.807) is 29.2 Å². The van der Waals surface area contributed by atoms with Crippen LogP contribution in [0.5, 0.6) is 5.75 Å². The van der Waals surface area contributed by atoms with Gasteiger partial charge in [0.25, 0.3) is 0 Å². The summed E-state index contributed by atoms with van der Waals surface area (Å²) < 4.78 is 5.62. The number of hydrogen-bond donors (Lipinski definition) is 0. The Bertz CT molecular complexity index is 1270. The number of aryl methyl sites for hydroxylation is 1. The van der Waals surface area contributed by atoms with Gasteiger partial charge in [0.15, 0.2) is 0 Å². The van der Waals surface area contributed by atoms with Crippen molar-refractivity contribution in [2.24, 2.45) is 23.7 Å². The molecule has 0 N–H and O–H groups in total. The minimum atomic E-state index is -0.601. The number of imide groups is 1. The molecular formula is C28H28N2O5. The molecule has 2 aromatic rings. The van der Waals surface area contributed by atoms with Crippen LogP contribution in [0.25, 0.3) is 0 Å². The van der Waals surface area contributed by atoms with Gasteiger partial charge in [0.1, 0.15) is 5.75 Å². The van der Waals surface area contributed by atoms with E-state index < -0.39 is 11.9 Å². The number of hydrogen-bond acceptors (Lipinski definition) is 5. The second-order valence-corrected chi connectivity index (χ2v) is 9.71. The molecule has 2 saturated heterocycles. The summed E-state index contributed by atoms with van der Waals surface area (Å²) in [5, 5.41) is 0. The minimum absolute atomic E-state index is 0.00361. The number of nitrogens with zero attached hydrogens (tertiary/aromatic N) is 2. The molecule has 7 nitrogen and oxygen atoms in total. The molecule has 4 atom stereocenters. The number of amides is 3. The molecular weight excluding hydrogens is 444 g/mol. The van der Waals surface area contributed by atoms with Crippen molar-refractivity contribution in [1.29, 1.82) is 0 Å². The van der Waals surface area contributed by atoms with Crippen molar-refractivity contribution in [3.8, 4) is 5.75 Å². The van der Waals surface area contributed by atoms with Crippen LogP contribution < -0.4 is 14.5 Å². The third-order valence-electron chi connectivity index (χ3n) is 7.49. The van der Waals surface area contributed by atoms with Gasteiger partial charge < -0.3 is 9.64 Å². The second-order valence-electron chi connectivity index (χ2n) is 9.71. The van der Waals surface area contributed by atoms with E-state index in [0.29, 0.717) is 12.1 Å². The Balaban J connectivity index is 1.31. The lowest BCUT2D eigenvalue weighted by molar-refractivity contribution is -0.139. The van der Waals surface area contributed by atoms with Crippen molar-refractivity contribution in [3.05, 3.63) is 65.7 Å². The van der Waals surface area contributed by atoms with Gasteiger partial charge in [-0.25, -0.2) is 4.90 Å². The second kappa shape index (κ2) is 8.80. The fraction of sp³-hybridized carbons (Fsp3) is 0.357. The van der Waals surface area contributed by atoms with E-state index in [9.17, 15) is 19.2 Å². The molecule has 2 fully saturated rings. The highest BCUT2D eigenvalue weighted by atomic mass is 16.5. The maximum absolute atomic E-state index is 13.1. The topological polar surface area (TPSA) is 84.0 Å². The van der Waals surface area contributed by atoms with Gasteiger partial charge in [-0.15, -0.1) is 0 Å². The summed E-state index contributed by atoms with van der Waals surface area (Å²) in [6.07, 6.45) is 4.57. The molecule has 0 unspecified atom stereocenters. The number of carbonyl (C=O) groups excluding carboxylic acids is 4. The Kier molecular flexibility index (Phi) is 5.79. The van der Waals surface area contributed by atoms with Crippen LogP contribution in [0.1, 0.15) is 30.9 Å². The van der Waals surface area contributed by atoms with E-state index in [1.165, 1.54) is 4.90 Å². The van der Waals surface area contributed by atoms with Crippen LogP contribution >= 0.6 is 0 Å². The number of carbonyl (C=O) groups is 4. The highest BCUT2D eigenvalue weighted by Crippen LogP contribution is 2.41. The quantitative estimate of drug-likeness (QED) is 0.291. The van der Waals surface area contributed by atoms with Crippen LogP contribution in [0.2, 0.25) is 0 Å². The smallest absolute Gasteiger partial charge is 0.316 e. The Morgan fingerprint density at radius 2 is 1.80 bits per heavy atom. The lowest BCUT2D eigenvalue weighted by atomic mass is 9.78. The molecule has 0 bridgehead atoms. The van der Waals surface area contributed by atoms with Gasteiger partial charge in [-0.1, -0.05) is 37.3 Å². The van der Waals surface area contributed by atoms with E-state index >= 15 is 0 Å². The number of rotatable bonds is 4. The molecule has 3 aliphatic rings. The molecule has 2 heterocycles. The molecule has 7 heteroatoms. The first-order valence-electron chi connectivity index (χ1n) is 12.0. The largest absolute Gasteiger partial charge is 0.426 e. The van der Waals surface area contributed by atoms with Crippen molar-refractivity contribution in [2.45, 2.75) is 33.6 Å². The van der Waals surface area contributed by atoms with Gasteiger partial charge in [-0.05, 0) is 55.5 Å². The lowest BCUT2D eigenvalue weighted by Crippen LogP contribution is -2.31. The number of esters is 1. The van der Waals surface area contributed by atoms with Crippen molar-refractivity contribution in [1.82, 2.24) is 0 Å². The predicted octanol–water partition coefficient (Wildman–Crippen LogP) is 3.96. The molecule has 35 heavy (non-hydrogen) atoms. The number of benzene rings is 2. The van der Waals surface area contributed by atoms with Crippen LogP contribution in [-0.4, -0.2) is 30.2 Å². The molecule has 1 aliphatic carbocycles. The molecule has 2 aliphatic heterocycles. The highest BCUT2D eigenvalue weighted by molar-refractivity contribution is 6.22. The summed E-state index contributed by atoms with van der Waals surface area (Å²) in [6.45, 7) is 6.15.